The van der Waals surface area contributed by atoms with Crippen molar-refractivity contribution in [2.45, 2.75) is 13.0 Å². The predicted molar refractivity (Wildman–Crippen MR) is 120 cm³/mol. The molecular formula is C20H21Cl2N3O3S. The number of ether oxygens (including phenoxy) is 2. The molecule has 0 aromatic heterocycles. The van der Waals surface area contributed by atoms with Crippen LogP contribution >= 0.6 is 35.4 Å². The van der Waals surface area contributed by atoms with Gasteiger partial charge in [0.25, 0.3) is 5.91 Å². The van der Waals surface area contributed by atoms with Crippen LogP contribution in [0.3, 0.4) is 0 Å². The number of nitrogens with zero attached hydrogens (tertiary/aromatic N) is 1. The van der Waals surface area contributed by atoms with Gasteiger partial charge in [0.2, 0.25) is 0 Å². The average molecular weight is 454 g/mol. The number of carbonyl (C=O) groups is 1. The van der Waals surface area contributed by atoms with Crippen LogP contribution in [0.2, 0.25) is 10.0 Å². The van der Waals surface area contributed by atoms with E-state index < -0.39 is 12.0 Å². The average Bonchev–Trinajstić information content (AvgIpc) is 2.71. The molecule has 1 aliphatic rings. The monoisotopic (exact) mass is 453 g/mol. The minimum atomic E-state index is -0.794. The van der Waals surface area contributed by atoms with Crippen molar-refractivity contribution in [3.8, 4) is 5.75 Å². The number of nitrogens with one attached hydrogen (secondary N) is 2. The molecule has 2 N–H and O–H groups in total. The first-order chi connectivity index (χ1) is 13.9. The molecule has 6 nitrogen and oxygen atoms in total. The van der Waals surface area contributed by atoms with E-state index in [1.807, 2.05) is 24.3 Å². The fourth-order valence-electron chi connectivity index (χ4n) is 2.77. The van der Waals surface area contributed by atoms with Gasteiger partial charge in [-0.25, -0.2) is 0 Å². The smallest absolute Gasteiger partial charge is 0.266 e. The molecule has 3 rings (SSSR count). The first kappa shape index (κ1) is 21.6. The lowest BCUT2D eigenvalue weighted by atomic mass is 10.2. The summed E-state index contributed by atoms with van der Waals surface area (Å²) in [5.74, 6) is -0.0188. The molecule has 0 saturated carbocycles. The van der Waals surface area contributed by atoms with Gasteiger partial charge in [-0.2, -0.15) is 0 Å². The van der Waals surface area contributed by atoms with Crippen LogP contribution in [0.5, 0.6) is 5.75 Å². The van der Waals surface area contributed by atoms with Crippen LogP contribution in [-0.4, -0.2) is 43.4 Å². The van der Waals surface area contributed by atoms with Crippen LogP contribution in [0.4, 0.5) is 11.4 Å². The summed E-state index contributed by atoms with van der Waals surface area (Å²) < 4.78 is 11.0. The van der Waals surface area contributed by atoms with E-state index in [0.29, 0.717) is 15.8 Å². The molecular weight excluding hydrogens is 433 g/mol. The first-order valence-electron chi connectivity index (χ1n) is 9.08. The molecule has 0 bridgehead atoms. The summed E-state index contributed by atoms with van der Waals surface area (Å²) in [5.41, 5.74) is 1.90. The Hall–Kier alpha value is -2.06. The van der Waals surface area contributed by atoms with Gasteiger partial charge in [0, 0.05) is 29.5 Å². The van der Waals surface area contributed by atoms with E-state index in [1.54, 1.807) is 25.1 Å². The van der Waals surface area contributed by atoms with E-state index in [9.17, 15) is 4.79 Å². The van der Waals surface area contributed by atoms with E-state index in [-0.39, 0.29) is 5.11 Å². The summed E-state index contributed by atoms with van der Waals surface area (Å²) in [6.07, 6.45) is -0.794. The van der Waals surface area contributed by atoms with Gasteiger partial charge in [-0.3, -0.25) is 10.1 Å². The second-order valence-corrected chi connectivity index (χ2v) is 7.68. The maximum Gasteiger partial charge on any atom is 0.266 e. The van der Waals surface area contributed by atoms with Gasteiger partial charge in [0.05, 0.1) is 18.2 Å². The number of hydrogen-bond acceptors (Lipinski definition) is 5. The van der Waals surface area contributed by atoms with Crippen LogP contribution in [0, 0.1) is 0 Å². The van der Waals surface area contributed by atoms with Gasteiger partial charge in [-0.1, -0.05) is 23.2 Å². The third-order valence-corrected chi connectivity index (χ3v) is 5.04. The minimum absolute atomic E-state index is 0.187. The van der Waals surface area contributed by atoms with Gasteiger partial charge >= 0.3 is 0 Å². The molecule has 1 fully saturated rings. The molecule has 1 amide bonds. The lowest BCUT2D eigenvalue weighted by Gasteiger charge is -2.29. The van der Waals surface area contributed by atoms with Crippen molar-refractivity contribution in [2.24, 2.45) is 0 Å². The fraction of sp³-hybridized carbons (Fsp3) is 0.300. The number of halogens is 2. The van der Waals surface area contributed by atoms with Crippen molar-refractivity contribution in [2.75, 3.05) is 36.5 Å². The van der Waals surface area contributed by atoms with E-state index >= 15 is 0 Å². The second-order valence-electron chi connectivity index (χ2n) is 6.42. The second kappa shape index (κ2) is 10.1. The Kier molecular flexibility index (Phi) is 7.55. The lowest BCUT2D eigenvalue weighted by molar-refractivity contribution is -0.125. The number of carbonyl (C=O) groups excluding carboxylic acids is 1. The Labute approximate surface area is 185 Å². The van der Waals surface area contributed by atoms with Gasteiger partial charge < -0.3 is 19.7 Å². The van der Waals surface area contributed by atoms with Crippen molar-refractivity contribution < 1.29 is 14.3 Å². The number of anilines is 2. The maximum absolute atomic E-state index is 12.3. The van der Waals surface area contributed by atoms with Gasteiger partial charge in [0.15, 0.2) is 11.2 Å². The summed E-state index contributed by atoms with van der Waals surface area (Å²) >= 11 is 17.2. The Morgan fingerprint density at radius 3 is 2.52 bits per heavy atom. The standard InChI is InChI=1S/C20H21Cl2N3O3S/c1-13(28-18-7-2-14(21)12-17(18)22)19(26)24-20(29)23-15-3-5-16(6-4-15)25-8-10-27-11-9-25/h2-7,12-13H,8-11H2,1H3,(H2,23,24,26,29). The molecule has 0 spiro atoms. The molecule has 2 aromatic carbocycles. The SMILES string of the molecule is CC(Oc1ccc(Cl)cc1Cl)C(=O)NC(=S)Nc1ccc(N2CCOCC2)cc1. The lowest BCUT2D eigenvalue weighted by Crippen LogP contribution is -2.42. The van der Waals surface area contributed by atoms with Crippen molar-refractivity contribution in [3.05, 3.63) is 52.5 Å². The minimum Gasteiger partial charge on any atom is -0.479 e. The Bertz CT molecular complexity index is 874. The summed E-state index contributed by atoms with van der Waals surface area (Å²) in [6, 6.07) is 12.6. The third-order valence-electron chi connectivity index (χ3n) is 4.31. The van der Waals surface area contributed by atoms with Crippen molar-refractivity contribution in [1.29, 1.82) is 0 Å². The highest BCUT2D eigenvalue weighted by Gasteiger charge is 2.18. The van der Waals surface area contributed by atoms with Crippen LogP contribution in [0.25, 0.3) is 0 Å². The number of benzene rings is 2. The van der Waals surface area contributed by atoms with Crippen molar-refractivity contribution >= 4 is 57.8 Å². The predicted octanol–water partition coefficient (Wildman–Crippen LogP) is 4.11. The summed E-state index contributed by atoms with van der Waals surface area (Å²) in [7, 11) is 0. The molecule has 1 saturated heterocycles. The van der Waals surface area contributed by atoms with Gasteiger partial charge in [0.1, 0.15) is 5.75 Å². The van der Waals surface area contributed by atoms with Crippen molar-refractivity contribution in [1.82, 2.24) is 5.32 Å². The van der Waals surface area contributed by atoms with E-state index in [0.717, 1.165) is 37.7 Å². The van der Waals surface area contributed by atoms with Crippen LogP contribution in [0.1, 0.15) is 6.92 Å². The normalized spacial score (nSPS) is 14.8. The number of thiocarbonyl (C=S) groups is 1. The van der Waals surface area contributed by atoms with Crippen LogP contribution in [0.15, 0.2) is 42.5 Å². The number of hydrogen-bond donors (Lipinski definition) is 2. The molecule has 1 heterocycles. The molecule has 29 heavy (non-hydrogen) atoms. The summed E-state index contributed by atoms with van der Waals surface area (Å²) in [6.45, 7) is 4.82. The number of morpholine rings is 1. The van der Waals surface area contributed by atoms with E-state index in [4.69, 9.17) is 44.9 Å². The molecule has 2 aromatic rings. The zero-order valence-electron chi connectivity index (χ0n) is 15.8. The first-order valence-corrected chi connectivity index (χ1v) is 10.2. The molecule has 1 aliphatic heterocycles. The van der Waals surface area contributed by atoms with Crippen molar-refractivity contribution in [3.63, 3.8) is 0 Å². The Morgan fingerprint density at radius 1 is 1.17 bits per heavy atom. The topological polar surface area (TPSA) is 62.8 Å². The van der Waals surface area contributed by atoms with Gasteiger partial charge in [-0.15, -0.1) is 0 Å². The Balaban J connectivity index is 1.50. The number of amides is 1. The zero-order valence-corrected chi connectivity index (χ0v) is 18.1. The molecule has 9 heteroatoms. The zero-order chi connectivity index (χ0) is 20.8. The highest BCUT2D eigenvalue weighted by atomic mass is 35.5. The quantitative estimate of drug-likeness (QED) is 0.664. The molecule has 154 valence electrons. The molecule has 0 aliphatic carbocycles. The largest absolute Gasteiger partial charge is 0.479 e. The summed E-state index contributed by atoms with van der Waals surface area (Å²) in [5, 5.41) is 6.62. The third kappa shape index (κ3) is 6.21. The van der Waals surface area contributed by atoms with Gasteiger partial charge in [-0.05, 0) is 61.6 Å². The maximum atomic E-state index is 12.3. The molecule has 0 radical (unpaired) electrons. The Morgan fingerprint density at radius 2 is 1.86 bits per heavy atom. The molecule has 1 atom stereocenters. The highest BCUT2D eigenvalue weighted by Crippen LogP contribution is 2.28. The highest BCUT2D eigenvalue weighted by molar-refractivity contribution is 7.80. The van der Waals surface area contributed by atoms with Crippen LogP contribution in [-0.2, 0) is 9.53 Å². The summed E-state index contributed by atoms with van der Waals surface area (Å²) in [4.78, 5) is 14.6. The van der Waals surface area contributed by atoms with E-state index in [1.165, 1.54) is 0 Å². The molecule has 1 unspecified atom stereocenters. The number of rotatable bonds is 5. The van der Waals surface area contributed by atoms with E-state index in [2.05, 4.69) is 15.5 Å². The fourth-order valence-corrected chi connectivity index (χ4v) is 3.44. The van der Waals surface area contributed by atoms with Crippen LogP contribution < -0.4 is 20.3 Å².